The zero-order valence-corrected chi connectivity index (χ0v) is 11.6. The van der Waals surface area contributed by atoms with Crippen LogP contribution in [0.25, 0.3) is 0 Å². The molecule has 1 atom stereocenters. The van der Waals surface area contributed by atoms with Gasteiger partial charge in [0.1, 0.15) is 5.84 Å². The summed E-state index contributed by atoms with van der Waals surface area (Å²) < 4.78 is 2.00. The van der Waals surface area contributed by atoms with Gasteiger partial charge in [0, 0.05) is 25.6 Å². The number of hydrogen-bond acceptors (Lipinski definition) is 4. The number of nitrogens with zero attached hydrogens (tertiary/aromatic N) is 4. The van der Waals surface area contributed by atoms with Gasteiger partial charge in [-0.2, -0.15) is 5.10 Å². The third kappa shape index (κ3) is 3.73. The van der Waals surface area contributed by atoms with Crippen molar-refractivity contribution in [3.8, 4) is 0 Å². The second-order valence-corrected chi connectivity index (χ2v) is 4.65. The molecular formula is C12H23N5O. The molecule has 0 aromatic carbocycles. The highest BCUT2D eigenvalue weighted by molar-refractivity contribution is 5.80. The summed E-state index contributed by atoms with van der Waals surface area (Å²) in [5.74, 6) is 0.259. The van der Waals surface area contributed by atoms with E-state index in [4.69, 9.17) is 10.9 Å². The molecule has 0 amide bonds. The van der Waals surface area contributed by atoms with Gasteiger partial charge in [0.05, 0.1) is 11.4 Å². The predicted molar refractivity (Wildman–Crippen MR) is 71.6 cm³/mol. The zero-order valence-electron chi connectivity index (χ0n) is 11.6. The van der Waals surface area contributed by atoms with Crippen LogP contribution in [-0.4, -0.2) is 38.8 Å². The average molecular weight is 253 g/mol. The van der Waals surface area contributed by atoms with Crippen LogP contribution in [0.3, 0.4) is 0 Å². The summed E-state index contributed by atoms with van der Waals surface area (Å²) in [4.78, 5) is 2.17. The first kappa shape index (κ1) is 14.5. The first-order valence-corrected chi connectivity index (χ1v) is 6.17. The van der Waals surface area contributed by atoms with Gasteiger partial charge in [-0.3, -0.25) is 9.58 Å². The van der Waals surface area contributed by atoms with Crippen molar-refractivity contribution in [3.63, 3.8) is 0 Å². The Morgan fingerprint density at radius 1 is 1.67 bits per heavy atom. The van der Waals surface area contributed by atoms with E-state index in [0.717, 1.165) is 18.8 Å². The first-order valence-electron chi connectivity index (χ1n) is 6.17. The van der Waals surface area contributed by atoms with Gasteiger partial charge in [-0.25, -0.2) is 0 Å². The predicted octanol–water partition coefficient (Wildman–Crippen LogP) is 1.17. The highest BCUT2D eigenvalue weighted by Gasteiger charge is 2.14. The molecule has 1 aromatic heterocycles. The van der Waals surface area contributed by atoms with E-state index in [9.17, 15) is 0 Å². The van der Waals surface area contributed by atoms with E-state index >= 15 is 0 Å². The minimum absolute atomic E-state index is 0.210. The van der Waals surface area contributed by atoms with Crippen molar-refractivity contribution >= 4 is 5.84 Å². The minimum Gasteiger partial charge on any atom is -0.409 e. The summed E-state index contributed by atoms with van der Waals surface area (Å²) in [5, 5.41) is 16.0. The van der Waals surface area contributed by atoms with Gasteiger partial charge >= 0.3 is 0 Å². The third-order valence-corrected chi connectivity index (χ3v) is 3.08. The number of rotatable bonds is 6. The van der Waals surface area contributed by atoms with Gasteiger partial charge < -0.3 is 10.9 Å². The van der Waals surface area contributed by atoms with E-state index in [2.05, 4.69) is 35.1 Å². The number of aromatic nitrogens is 2. The molecule has 0 fully saturated rings. The van der Waals surface area contributed by atoms with Crippen molar-refractivity contribution in [1.29, 1.82) is 0 Å². The van der Waals surface area contributed by atoms with Crippen LogP contribution < -0.4 is 5.73 Å². The monoisotopic (exact) mass is 253 g/mol. The lowest BCUT2D eigenvalue weighted by molar-refractivity contribution is 0.244. The van der Waals surface area contributed by atoms with Crippen LogP contribution >= 0.6 is 0 Å². The fraction of sp³-hybridized carbons (Fsp3) is 0.667. The lowest BCUT2D eigenvalue weighted by atomic mass is 10.2. The molecule has 3 N–H and O–H groups in total. The number of amidine groups is 1. The Morgan fingerprint density at radius 3 is 2.89 bits per heavy atom. The smallest absolute Gasteiger partial charge is 0.140 e. The normalized spacial score (nSPS) is 14.2. The molecule has 1 rings (SSSR count). The molecule has 0 radical (unpaired) electrons. The molecule has 1 unspecified atom stereocenters. The van der Waals surface area contributed by atoms with E-state index in [1.54, 1.807) is 0 Å². The third-order valence-electron chi connectivity index (χ3n) is 3.08. The summed E-state index contributed by atoms with van der Waals surface area (Å²) in [6.07, 6.45) is 0.548. The maximum Gasteiger partial charge on any atom is 0.140 e. The van der Waals surface area contributed by atoms with E-state index in [1.807, 2.05) is 18.7 Å². The standard InChI is InChI=1S/C12H23N5O/c1-5-17-11(6-9(2)14-17)8-16(4)10(3)7-12(13)15-18/h6,10,18H,5,7-8H2,1-4H3,(H2,13,15). The lowest BCUT2D eigenvalue weighted by Crippen LogP contribution is -2.33. The zero-order chi connectivity index (χ0) is 13.7. The van der Waals surface area contributed by atoms with Crippen LogP contribution in [0.5, 0.6) is 0 Å². The molecule has 18 heavy (non-hydrogen) atoms. The quantitative estimate of drug-likeness (QED) is 0.345. The van der Waals surface area contributed by atoms with Gasteiger partial charge in [0.15, 0.2) is 0 Å². The van der Waals surface area contributed by atoms with E-state index in [-0.39, 0.29) is 11.9 Å². The van der Waals surface area contributed by atoms with E-state index in [1.165, 1.54) is 5.69 Å². The Balaban J connectivity index is 2.65. The molecule has 0 aliphatic carbocycles. The molecule has 0 aliphatic rings. The fourth-order valence-electron chi connectivity index (χ4n) is 1.91. The average Bonchev–Trinajstić information content (AvgIpc) is 2.68. The molecule has 0 saturated heterocycles. The Labute approximate surface area is 108 Å². The van der Waals surface area contributed by atoms with Crippen molar-refractivity contribution in [2.24, 2.45) is 10.9 Å². The fourth-order valence-corrected chi connectivity index (χ4v) is 1.91. The van der Waals surface area contributed by atoms with E-state index < -0.39 is 0 Å². The molecule has 0 bridgehead atoms. The molecule has 6 nitrogen and oxygen atoms in total. The van der Waals surface area contributed by atoms with Crippen LogP contribution in [0.1, 0.15) is 31.7 Å². The van der Waals surface area contributed by atoms with Crippen LogP contribution in [-0.2, 0) is 13.1 Å². The van der Waals surface area contributed by atoms with Gasteiger partial charge in [-0.15, -0.1) is 0 Å². The van der Waals surface area contributed by atoms with Gasteiger partial charge in [0.25, 0.3) is 0 Å². The second-order valence-electron chi connectivity index (χ2n) is 4.65. The molecular weight excluding hydrogens is 230 g/mol. The summed E-state index contributed by atoms with van der Waals surface area (Å²) in [6, 6.07) is 2.30. The molecule has 102 valence electrons. The lowest BCUT2D eigenvalue weighted by Gasteiger charge is -2.24. The maximum atomic E-state index is 8.57. The van der Waals surface area contributed by atoms with Crippen LogP contribution in [0.4, 0.5) is 0 Å². The molecule has 0 saturated carbocycles. The Kier molecular flexibility index (Phi) is 5.15. The molecule has 6 heteroatoms. The highest BCUT2D eigenvalue weighted by Crippen LogP contribution is 2.10. The highest BCUT2D eigenvalue weighted by atomic mass is 16.4. The summed E-state index contributed by atoms with van der Waals surface area (Å²) in [6.45, 7) is 7.79. The van der Waals surface area contributed by atoms with Gasteiger partial charge in [-0.1, -0.05) is 5.16 Å². The van der Waals surface area contributed by atoms with Crippen molar-refractivity contribution in [2.45, 2.75) is 46.3 Å². The Hall–Kier alpha value is -1.56. The summed E-state index contributed by atoms with van der Waals surface area (Å²) in [5.41, 5.74) is 7.74. The SMILES string of the molecule is CCn1nc(C)cc1CN(C)C(C)CC(N)=NO. The molecule has 1 aromatic rings. The van der Waals surface area contributed by atoms with Gasteiger partial charge in [0.2, 0.25) is 0 Å². The summed E-state index contributed by atoms with van der Waals surface area (Å²) >= 11 is 0. The van der Waals surface area contributed by atoms with Crippen molar-refractivity contribution in [3.05, 3.63) is 17.5 Å². The number of oxime groups is 1. The molecule has 0 spiro atoms. The van der Waals surface area contributed by atoms with Gasteiger partial charge in [-0.05, 0) is 33.9 Å². The largest absolute Gasteiger partial charge is 0.409 e. The Morgan fingerprint density at radius 2 is 2.33 bits per heavy atom. The topological polar surface area (TPSA) is 79.7 Å². The maximum absolute atomic E-state index is 8.57. The van der Waals surface area contributed by atoms with Crippen molar-refractivity contribution in [1.82, 2.24) is 14.7 Å². The number of hydrogen-bond donors (Lipinski definition) is 2. The first-order chi connectivity index (χ1) is 8.47. The van der Waals surface area contributed by atoms with Crippen LogP contribution in [0.15, 0.2) is 11.2 Å². The second kappa shape index (κ2) is 6.39. The van der Waals surface area contributed by atoms with Crippen LogP contribution in [0, 0.1) is 6.92 Å². The van der Waals surface area contributed by atoms with Crippen LogP contribution in [0.2, 0.25) is 0 Å². The number of nitrogens with two attached hydrogens (primary N) is 1. The van der Waals surface area contributed by atoms with Crippen molar-refractivity contribution < 1.29 is 5.21 Å². The minimum atomic E-state index is 0.210. The van der Waals surface area contributed by atoms with Crippen molar-refractivity contribution in [2.75, 3.05) is 7.05 Å². The van der Waals surface area contributed by atoms with E-state index in [0.29, 0.717) is 6.42 Å². The number of aryl methyl sites for hydroxylation is 2. The Bertz CT molecular complexity index is 413. The summed E-state index contributed by atoms with van der Waals surface area (Å²) in [7, 11) is 2.03. The molecule has 0 aliphatic heterocycles. The molecule has 1 heterocycles.